The molecule has 2 N–H and O–H groups in total. The van der Waals surface area contributed by atoms with Crippen molar-refractivity contribution in [2.24, 2.45) is 11.8 Å². The third kappa shape index (κ3) is 2.93. The highest BCUT2D eigenvalue weighted by Crippen LogP contribution is 2.31. The Morgan fingerprint density at radius 1 is 1.38 bits per heavy atom. The number of hydrogen-bond acceptors (Lipinski definition) is 3. The summed E-state index contributed by atoms with van der Waals surface area (Å²) in [7, 11) is 0. The molecule has 94 valence electrons. The van der Waals surface area contributed by atoms with Crippen molar-refractivity contribution in [1.29, 1.82) is 0 Å². The second-order valence-corrected chi connectivity index (χ2v) is 6.89. The van der Waals surface area contributed by atoms with Crippen molar-refractivity contribution in [3.8, 4) is 0 Å². The molecular formula is C13H25NOS. The summed E-state index contributed by atoms with van der Waals surface area (Å²) < 4.78 is 0. The maximum atomic E-state index is 10.3. The summed E-state index contributed by atoms with van der Waals surface area (Å²) in [5, 5.41) is 13.9. The summed E-state index contributed by atoms with van der Waals surface area (Å²) >= 11 is 1.88. The molecule has 1 saturated heterocycles. The molecule has 1 aliphatic carbocycles. The maximum absolute atomic E-state index is 10.3. The highest BCUT2D eigenvalue weighted by Gasteiger charge is 2.34. The van der Waals surface area contributed by atoms with Gasteiger partial charge in [-0.3, -0.25) is 0 Å². The molecular weight excluding hydrogens is 218 g/mol. The molecule has 1 aliphatic heterocycles. The SMILES string of the molecule is CC1CCCC(NCC2(O)CCSC2)C1C. The van der Waals surface area contributed by atoms with E-state index in [0.29, 0.717) is 6.04 Å². The first-order valence-corrected chi connectivity index (χ1v) is 7.80. The average molecular weight is 243 g/mol. The van der Waals surface area contributed by atoms with Crippen molar-refractivity contribution in [3.63, 3.8) is 0 Å². The summed E-state index contributed by atoms with van der Waals surface area (Å²) in [6, 6.07) is 0.623. The first-order valence-electron chi connectivity index (χ1n) is 6.64. The number of thioether (sulfide) groups is 1. The number of hydrogen-bond donors (Lipinski definition) is 2. The average Bonchev–Trinajstić information content (AvgIpc) is 2.68. The lowest BCUT2D eigenvalue weighted by atomic mass is 9.78. The number of rotatable bonds is 3. The fraction of sp³-hybridized carbons (Fsp3) is 1.00. The van der Waals surface area contributed by atoms with Gasteiger partial charge in [-0.05, 0) is 30.4 Å². The van der Waals surface area contributed by atoms with E-state index in [-0.39, 0.29) is 0 Å². The quantitative estimate of drug-likeness (QED) is 0.797. The molecule has 2 rings (SSSR count). The Labute approximate surface area is 104 Å². The number of nitrogens with one attached hydrogen (secondary N) is 1. The molecule has 4 atom stereocenters. The monoisotopic (exact) mass is 243 g/mol. The van der Waals surface area contributed by atoms with Crippen LogP contribution in [-0.2, 0) is 0 Å². The van der Waals surface area contributed by atoms with Gasteiger partial charge in [-0.15, -0.1) is 0 Å². The third-order valence-corrected chi connectivity index (χ3v) is 5.72. The third-order valence-electron chi connectivity index (χ3n) is 4.48. The van der Waals surface area contributed by atoms with Crippen molar-refractivity contribution < 1.29 is 5.11 Å². The molecule has 0 aromatic rings. The van der Waals surface area contributed by atoms with Crippen LogP contribution < -0.4 is 5.32 Å². The van der Waals surface area contributed by atoms with Gasteiger partial charge < -0.3 is 10.4 Å². The lowest BCUT2D eigenvalue weighted by Gasteiger charge is -2.36. The van der Waals surface area contributed by atoms with Crippen molar-refractivity contribution in [2.75, 3.05) is 18.1 Å². The molecule has 0 radical (unpaired) electrons. The first kappa shape index (κ1) is 12.7. The van der Waals surface area contributed by atoms with Gasteiger partial charge in [-0.25, -0.2) is 0 Å². The fourth-order valence-electron chi connectivity index (χ4n) is 2.93. The van der Waals surface area contributed by atoms with Crippen LogP contribution in [0.15, 0.2) is 0 Å². The number of aliphatic hydroxyl groups is 1. The van der Waals surface area contributed by atoms with E-state index in [1.165, 1.54) is 19.3 Å². The minimum atomic E-state index is -0.426. The van der Waals surface area contributed by atoms with Crippen LogP contribution in [0.4, 0.5) is 0 Å². The van der Waals surface area contributed by atoms with Crippen LogP contribution in [0.25, 0.3) is 0 Å². The van der Waals surface area contributed by atoms with Gasteiger partial charge in [0, 0.05) is 18.3 Å². The van der Waals surface area contributed by atoms with Crippen LogP contribution in [0.2, 0.25) is 0 Å². The van der Waals surface area contributed by atoms with Crippen molar-refractivity contribution in [3.05, 3.63) is 0 Å². The molecule has 0 spiro atoms. The standard InChI is InChI=1S/C13H25NOS/c1-10-4-3-5-12(11(10)2)14-8-13(15)6-7-16-9-13/h10-12,14-15H,3-9H2,1-2H3. The van der Waals surface area contributed by atoms with Crippen molar-refractivity contribution in [1.82, 2.24) is 5.32 Å². The lowest BCUT2D eigenvalue weighted by Crippen LogP contribution is -2.48. The van der Waals surface area contributed by atoms with Crippen LogP contribution in [0.1, 0.15) is 39.5 Å². The smallest absolute Gasteiger partial charge is 0.0869 e. The molecule has 2 fully saturated rings. The second kappa shape index (κ2) is 5.28. The van der Waals surface area contributed by atoms with Crippen molar-refractivity contribution >= 4 is 11.8 Å². The van der Waals surface area contributed by atoms with Gasteiger partial charge in [0.25, 0.3) is 0 Å². The summed E-state index contributed by atoms with van der Waals surface area (Å²) in [6.45, 7) is 5.51. The van der Waals surface area contributed by atoms with E-state index in [2.05, 4.69) is 19.2 Å². The van der Waals surface area contributed by atoms with Crippen LogP contribution in [0.5, 0.6) is 0 Å². The molecule has 0 bridgehead atoms. The predicted octanol–water partition coefficient (Wildman–Crippen LogP) is 2.27. The van der Waals surface area contributed by atoms with E-state index < -0.39 is 5.60 Å². The van der Waals surface area contributed by atoms with Gasteiger partial charge in [-0.2, -0.15) is 11.8 Å². The van der Waals surface area contributed by atoms with Gasteiger partial charge in [0.1, 0.15) is 0 Å². The largest absolute Gasteiger partial charge is 0.388 e. The Hall–Kier alpha value is 0.270. The van der Waals surface area contributed by atoms with Gasteiger partial charge in [-0.1, -0.05) is 26.7 Å². The minimum absolute atomic E-state index is 0.426. The minimum Gasteiger partial charge on any atom is -0.388 e. The highest BCUT2D eigenvalue weighted by molar-refractivity contribution is 7.99. The topological polar surface area (TPSA) is 32.3 Å². The van der Waals surface area contributed by atoms with Gasteiger partial charge in [0.05, 0.1) is 5.60 Å². The fourth-order valence-corrected chi connectivity index (χ4v) is 4.22. The van der Waals surface area contributed by atoms with E-state index in [1.54, 1.807) is 0 Å². The maximum Gasteiger partial charge on any atom is 0.0869 e. The Morgan fingerprint density at radius 3 is 2.88 bits per heavy atom. The summed E-state index contributed by atoms with van der Waals surface area (Å²) in [5.74, 6) is 3.62. The summed E-state index contributed by atoms with van der Waals surface area (Å²) in [4.78, 5) is 0. The van der Waals surface area contributed by atoms with Gasteiger partial charge in [0.2, 0.25) is 0 Å². The Kier molecular flexibility index (Phi) is 4.20. The van der Waals surface area contributed by atoms with Crippen LogP contribution >= 0.6 is 11.8 Å². The molecule has 3 heteroatoms. The molecule has 16 heavy (non-hydrogen) atoms. The van der Waals surface area contributed by atoms with Crippen LogP contribution in [0, 0.1) is 11.8 Å². The van der Waals surface area contributed by atoms with Gasteiger partial charge >= 0.3 is 0 Å². The molecule has 2 aliphatic rings. The summed E-state index contributed by atoms with van der Waals surface area (Å²) in [5.41, 5.74) is -0.426. The summed E-state index contributed by atoms with van der Waals surface area (Å²) in [6.07, 6.45) is 4.96. The van der Waals surface area contributed by atoms with E-state index in [9.17, 15) is 5.11 Å². The molecule has 0 aromatic carbocycles. The Balaban J connectivity index is 1.80. The normalized spacial score (nSPS) is 44.8. The molecule has 1 heterocycles. The lowest BCUT2D eigenvalue weighted by molar-refractivity contribution is 0.0571. The first-order chi connectivity index (χ1) is 7.61. The van der Waals surface area contributed by atoms with Crippen molar-refractivity contribution in [2.45, 2.75) is 51.2 Å². The predicted molar refractivity (Wildman–Crippen MR) is 70.9 cm³/mol. The molecule has 1 saturated carbocycles. The zero-order valence-electron chi connectivity index (χ0n) is 10.5. The Morgan fingerprint density at radius 2 is 2.19 bits per heavy atom. The highest BCUT2D eigenvalue weighted by atomic mass is 32.2. The second-order valence-electron chi connectivity index (χ2n) is 5.78. The zero-order chi connectivity index (χ0) is 11.6. The van der Waals surface area contributed by atoms with Gasteiger partial charge in [0.15, 0.2) is 0 Å². The van der Waals surface area contributed by atoms with Crippen LogP contribution in [-0.4, -0.2) is 34.8 Å². The van der Waals surface area contributed by atoms with E-state index in [0.717, 1.165) is 36.3 Å². The Bertz CT molecular complexity index is 228. The molecule has 4 unspecified atom stereocenters. The van der Waals surface area contributed by atoms with E-state index in [4.69, 9.17) is 0 Å². The van der Waals surface area contributed by atoms with E-state index >= 15 is 0 Å². The van der Waals surface area contributed by atoms with E-state index in [1.807, 2.05) is 11.8 Å². The molecule has 2 nitrogen and oxygen atoms in total. The van der Waals surface area contributed by atoms with Crippen LogP contribution in [0.3, 0.4) is 0 Å². The molecule has 0 amide bonds. The molecule has 0 aromatic heterocycles. The zero-order valence-corrected chi connectivity index (χ0v) is 11.4.